The Kier molecular flexibility index (Phi) is 6.20. The predicted molar refractivity (Wildman–Crippen MR) is 85.8 cm³/mol. The number of thiophene rings is 1. The molecule has 4 nitrogen and oxygen atoms in total. The summed E-state index contributed by atoms with van der Waals surface area (Å²) in [6.45, 7) is 7.63. The molecule has 2 rings (SSSR count). The van der Waals surface area contributed by atoms with E-state index in [1.807, 2.05) is 11.3 Å². The van der Waals surface area contributed by atoms with Crippen molar-refractivity contribution in [1.82, 2.24) is 5.32 Å². The first-order valence-electron chi connectivity index (χ1n) is 7.56. The van der Waals surface area contributed by atoms with Crippen molar-refractivity contribution in [3.8, 4) is 0 Å². The lowest BCUT2D eigenvalue weighted by atomic mass is 9.91. The number of ether oxygens (including phenoxy) is 3. The third-order valence-electron chi connectivity index (χ3n) is 4.36. The summed E-state index contributed by atoms with van der Waals surface area (Å²) in [5.41, 5.74) is 1.40. The van der Waals surface area contributed by atoms with Crippen LogP contribution in [0.15, 0.2) is 6.07 Å². The van der Waals surface area contributed by atoms with Crippen molar-refractivity contribution in [2.75, 3.05) is 34.0 Å². The maximum Gasteiger partial charge on any atom is 0.174 e. The van der Waals surface area contributed by atoms with Crippen LogP contribution in [0.3, 0.4) is 0 Å². The average molecular weight is 313 g/mol. The summed E-state index contributed by atoms with van der Waals surface area (Å²) in [6.07, 6.45) is 1.79. The Balaban J connectivity index is 1.80. The van der Waals surface area contributed by atoms with Crippen molar-refractivity contribution in [1.29, 1.82) is 0 Å². The van der Waals surface area contributed by atoms with Gasteiger partial charge in [-0.3, -0.25) is 0 Å². The molecule has 1 saturated heterocycles. The van der Waals surface area contributed by atoms with Gasteiger partial charge in [0.15, 0.2) is 5.79 Å². The van der Waals surface area contributed by atoms with E-state index < -0.39 is 5.79 Å². The summed E-state index contributed by atoms with van der Waals surface area (Å²) < 4.78 is 16.9. The number of nitrogens with one attached hydrogen (secondary N) is 1. The molecular weight excluding hydrogens is 286 g/mol. The molecule has 1 aliphatic rings. The van der Waals surface area contributed by atoms with Gasteiger partial charge in [-0.2, -0.15) is 0 Å². The number of aryl methyl sites for hydroxylation is 2. The second kappa shape index (κ2) is 7.70. The molecule has 0 aromatic carbocycles. The van der Waals surface area contributed by atoms with Crippen molar-refractivity contribution in [3.63, 3.8) is 0 Å². The lowest BCUT2D eigenvalue weighted by Crippen LogP contribution is -2.49. The molecule has 2 heterocycles. The van der Waals surface area contributed by atoms with E-state index in [9.17, 15) is 0 Å². The van der Waals surface area contributed by atoms with Crippen LogP contribution in [0.2, 0.25) is 0 Å². The van der Waals surface area contributed by atoms with E-state index >= 15 is 0 Å². The van der Waals surface area contributed by atoms with Gasteiger partial charge in [0.2, 0.25) is 0 Å². The Bertz CT molecular complexity index is 443. The molecular formula is C16H27NO3S. The fourth-order valence-corrected chi connectivity index (χ4v) is 4.00. The summed E-state index contributed by atoms with van der Waals surface area (Å²) in [5, 5.41) is 3.53. The summed E-state index contributed by atoms with van der Waals surface area (Å²) in [6, 6.07) is 2.27. The van der Waals surface area contributed by atoms with Crippen LogP contribution in [-0.4, -0.2) is 39.8 Å². The van der Waals surface area contributed by atoms with Crippen LogP contribution in [0.4, 0.5) is 0 Å². The zero-order valence-corrected chi connectivity index (χ0v) is 14.3. The van der Waals surface area contributed by atoms with Crippen molar-refractivity contribution in [3.05, 3.63) is 21.4 Å². The molecule has 0 bridgehead atoms. The van der Waals surface area contributed by atoms with Crippen LogP contribution < -0.4 is 5.32 Å². The van der Waals surface area contributed by atoms with Crippen LogP contribution in [0, 0.1) is 19.8 Å². The van der Waals surface area contributed by atoms with Gasteiger partial charge in [-0.25, -0.2) is 0 Å². The van der Waals surface area contributed by atoms with Gasteiger partial charge in [-0.1, -0.05) is 0 Å². The molecule has 1 aromatic rings. The molecule has 0 aliphatic carbocycles. The maximum atomic E-state index is 5.65. The highest BCUT2D eigenvalue weighted by molar-refractivity contribution is 7.12. The van der Waals surface area contributed by atoms with Crippen LogP contribution >= 0.6 is 11.3 Å². The molecule has 0 radical (unpaired) electrons. The van der Waals surface area contributed by atoms with Crippen molar-refractivity contribution >= 4 is 11.3 Å². The zero-order chi connectivity index (χ0) is 15.3. The highest BCUT2D eigenvalue weighted by Gasteiger charge is 2.41. The molecule has 120 valence electrons. The van der Waals surface area contributed by atoms with Crippen LogP contribution in [0.5, 0.6) is 0 Å². The summed E-state index contributed by atoms with van der Waals surface area (Å²) in [7, 11) is 3.46. The van der Waals surface area contributed by atoms with Gasteiger partial charge in [0.25, 0.3) is 0 Å². The second-order valence-electron chi connectivity index (χ2n) is 5.65. The van der Waals surface area contributed by atoms with E-state index in [1.165, 1.54) is 15.3 Å². The quantitative estimate of drug-likeness (QED) is 0.621. The SMILES string of the molecule is COC1(OC)CCOCC1CCNCc1cc(C)sc1C. The molecule has 1 N–H and O–H groups in total. The molecule has 1 aromatic heterocycles. The standard InChI is InChI=1S/C16H27NO3S/c1-12-9-14(13(2)21-12)10-17-7-5-15-11-20-8-6-16(15,18-3)19-4/h9,15,17H,5-8,10-11H2,1-4H3. The fraction of sp³-hybridized carbons (Fsp3) is 0.750. The van der Waals surface area contributed by atoms with Crippen molar-refractivity contribution < 1.29 is 14.2 Å². The molecule has 1 atom stereocenters. The molecule has 5 heteroatoms. The van der Waals surface area contributed by atoms with E-state index in [-0.39, 0.29) is 5.92 Å². The van der Waals surface area contributed by atoms with Gasteiger partial charge in [0, 0.05) is 42.9 Å². The second-order valence-corrected chi connectivity index (χ2v) is 7.11. The first kappa shape index (κ1) is 16.9. The van der Waals surface area contributed by atoms with E-state index in [0.717, 1.165) is 25.9 Å². The summed E-state index contributed by atoms with van der Waals surface area (Å²) >= 11 is 1.86. The van der Waals surface area contributed by atoms with E-state index in [0.29, 0.717) is 13.2 Å². The molecule has 1 aliphatic heterocycles. The Morgan fingerprint density at radius 3 is 2.76 bits per heavy atom. The molecule has 21 heavy (non-hydrogen) atoms. The van der Waals surface area contributed by atoms with Crippen molar-refractivity contribution in [2.45, 2.75) is 39.0 Å². The molecule has 0 amide bonds. The topological polar surface area (TPSA) is 39.7 Å². The van der Waals surface area contributed by atoms with Gasteiger partial charge in [-0.15, -0.1) is 11.3 Å². The Morgan fingerprint density at radius 1 is 1.38 bits per heavy atom. The van der Waals surface area contributed by atoms with E-state index in [2.05, 4.69) is 25.2 Å². The summed E-state index contributed by atoms with van der Waals surface area (Å²) in [4.78, 5) is 2.78. The van der Waals surface area contributed by atoms with Gasteiger partial charge in [0.05, 0.1) is 13.2 Å². The third kappa shape index (κ3) is 4.05. The molecule has 0 spiro atoms. The smallest absolute Gasteiger partial charge is 0.174 e. The number of methoxy groups -OCH3 is 2. The third-order valence-corrected chi connectivity index (χ3v) is 5.36. The highest BCUT2D eigenvalue weighted by Crippen LogP contribution is 2.32. The highest BCUT2D eigenvalue weighted by atomic mass is 32.1. The largest absolute Gasteiger partial charge is 0.381 e. The van der Waals surface area contributed by atoms with E-state index in [1.54, 1.807) is 14.2 Å². The minimum atomic E-state index is -0.477. The fourth-order valence-electron chi connectivity index (χ4n) is 3.05. The Morgan fingerprint density at radius 2 is 2.14 bits per heavy atom. The lowest BCUT2D eigenvalue weighted by Gasteiger charge is -2.41. The first-order chi connectivity index (χ1) is 10.1. The van der Waals surface area contributed by atoms with Crippen LogP contribution in [0.1, 0.15) is 28.2 Å². The summed E-state index contributed by atoms with van der Waals surface area (Å²) in [5.74, 6) is -0.200. The minimum Gasteiger partial charge on any atom is -0.381 e. The lowest BCUT2D eigenvalue weighted by molar-refractivity contribution is -0.276. The number of hydrogen-bond acceptors (Lipinski definition) is 5. The number of rotatable bonds is 7. The molecule has 1 fully saturated rings. The van der Waals surface area contributed by atoms with Crippen LogP contribution in [0.25, 0.3) is 0 Å². The zero-order valence-electron chi connectivity index (χ0n) is 13.5. The van der Waals surface area contributed by atoms with Crippen molar-refractivity contribution in [2.24, 2.45) is 5.92 Å². The first-order valence-corrected chi connectivity index (χ1v) is 8.37. The van der Waals surface area contributed by atoms with Gasteiger partial charge in [0.1, 0.15) is 0 Å². The van der Waals surface area contributed by atoms with Gasteiger partial charge < -0.3 is 19.5 Å². The molecule has 1 unspecified atom stereocenters. The monoisotopic (exact) mass is 313 g/mol. The minimum absolute atomic E-state index is 0.277. The molecule has 0 saturated carbocycles. The Labute approximate surface area is 131 Å². The predicted octanol–water partition coefficient (Wildman–Crippen LogP) is 2.87. The average Bonchev–Trinajstić information content (AvgIpc) is 2.82. The van der Waals surface area contributed by atoms with Crippen LogP contribution in [-0.2, 0) is 20.8 Å². The van der Waals surface area contributed by atoms with Gasteiger partial charge >= 0.3 is 0 Å². The Hall–Kier alpha value is -0.460. The number of hydrogen-bond donors (Lipinski definition) is 1. The van der Waals surface area contributed by atoms with Gasteiger partial charge in [-0.05, 0) is 38.4 Å². The van der Waals surface area contributed by atoms with E-state index in [4.69, 9.17) is 14.2 Å². The normalized spacial score (nSPS) is 21.6. The maximum absolute atomic E-state index is 5.65.